The van der Waals surface area contributed by atoms with Crippen molar-refractivity contribution in [1.82, 2.24) is 0 Å². The molecule has 0 rings (SSSR count). The summed E-state index contributed by atoms with van der Waals surface area (Å²) < 4.78 is 0. The maximum absolute atomic E-state index is 5.20. The molecular weight excluding hydrogens is 164 g/mol. The van der Waals surface area contributed by atoms with Crippen LogP contribution in [-0.2, 0) is 0 Å². The van der Waals surface area contributed by atoms with Gasteiger partial charge in [0.25, 0.3) is 0 Å². The van der Waals surface area contributed by atoms with Gasteiger partial charge in [0.15, 0.2) is 0 Å². The van der Waals surface area contributed by atoms with Crippen LogP contribution in [-0.4, -0.2) is 4.86 Å². The molecule has 0 spiro atoms. The molecule has 0 saturated carbocycles. The lowest BCUT2D eigenvalue weighted by atomic mass is 9.97. The van der Waals surface area contributed by atoms with Crippen molar-refractivity contribution in [3.8, 4) is 0 Å². The summed E-state index contributed by atoms with van der Waals surface area (Å²) in [7, 11) is 0. The Balaban J connectivity index is 5.21. The van der Waals surface area contributed by atoms with Crippen LogP contribution in [0, 0.1) is 0 Å². The fourth-order valence-corrected chi connectivity index (χ4v) is 1.60. The van der Waals surface area contributed by atoms with Gasteiger partial charge in [0.2, 0.25) is 0 Å². The third-order valence-corrected chi connectivity index (χ3v) is 2.18. The molecule has 0 saturated heterocycles. The molecule has 0 aliphatic rings. The van der Waals surface area contributed by atoms with E-state index in [1.807, 2.05) is 6.92 Å². The molecule has 0 radical (unpaired) electrons. The summed E-state index contributed by atoms with van der Waals surface area (Å²) in [5.41, 5.74) is 5.23. The van der Waals surface area contributed by atoms with Gasteiger partial charge >= 0.3 is 0 Å². The van der Waals surface area contributed by atoms with Crippen molar-refractivity contribution >= 4 is 17.1 Å². The van der Waals surface area contributed by atoms with Gasteiger partial charge in [0, 0.05) is 4.86 Å². The van der Waals surface area contributed by atoms with Gasteiger partial charge in [-0.25, -0.2) is 0 Å². The maximum atomic E-state index is 5.20. The third-order valence-electron chi connectivity index (χ3n) is 1.98. The zero-order chi connectivity index (χ0) is 9.89. The Morgan fingerprint density at radius 1 is 0.750 bits per heavy atom. The molecule has 0 amide bonds. The lowest BCUT2D eigenvalue weighted by molar-refractivity contribution is 1.23. The monoisotopic (exact) mass is 182 g/mol. The fraction of sp³-hybridized carbons (Fsp3) is 0.545. The fourth-order valence-electron chi connectivity index (χ4n) is 1.24. The predicted octanol–water partition coefficient (Wildman–Crippen LogP) is 4.07. The van der Waals surface area contributed by atoms with Crippen molar-refractivity contribution in [2.75, 3.05) is 0 Å². The number of rotatable bonds is 2. The van der Waals surface area contributed by atoms with Crippen molar-refractivity contribution in [3.05, 3.63) is 22.3 Å². The summed E-state index contributed by atoms with van der Waals surface area (Å²) in [5.74, 6) is 0. The molecule has 0 aromatic carbocycles. The van der Waals surface area contributed by atoms with E-state index in [0.29, 0.717) is 0 Å². The van der Waals surface area contributed by atoms with E-state index in [0.717, 1.165) is 4.86 Å². The number of hydrogen-bond acceptors (Lipinski definition) is 1. The minimum atomic E-state index is 0.994. The first-order chi connectivity index (χ1) is 5.37. The highest BCUT2D eigenvalue weighted by atomic mass is 32.1. The van der Waals surface area contributed by atoms with Crippen molar-refractivity contribution in [2.24, 2.45) is 0 Å². The van der Waals surface area contributed by atoms with E-state index in [4.69, 9.17) is 12.2 Å². The quantitative estimate of drug-likeness (QED) is 0.352. The highest BCUT2D eigenvalue weighted by Gasteiger charge is 2.05. The maximum Gasteiger partial charge on any atom is 0.0195 e. The van der Waals surface area contributed by atoms with Gasteiger partial charge in [-0.1, -0.05) is 23.4 Å². The Hall–Kier alpha value is -0.430. The van der Waals surface area contributed by atoms with Crippen LogP contribution < -0.4 is 0 Å². The molecule has 0 aromatic rings. The number of hydrogen-bond donors (Lipinski definition) is 0. The Labute approximate surface area is 81.4 Å². The minimum Gasteiger partial charge on any atom is -0.0846 e. The zero-order valence-corrected chi connectivity index (χ0v) is 9.72. The van der Waals surface area contributed by atoms with E-state index in [-0.39, 0.29) is 0 Å². The minimum absolute atomic E-state index is 0.994. The summed E-state index contributed by atoms with van der Waals surface area (Å²) in [5, 5.41) is 0. The van der Waals surface area contributed by atoms with Gasteiger partial charge in [-0.15, -0.1) is 0 Å². The molecule has 12 heavy (non-hydrogen) atoms. The molecule has 0 fully saturated rings. The second-order valence-electron chi connectivity index (χ2n) is 3.56. The molecule has 0 aliphatic carbocycles. The van der Waals surface area contributed by atoms with E-state index < -0.39 is 0 Å². The molecule has 68 valence electrons. The van der Waals surface area contributed by atoms with E-state index in [1.54, 1.807) is 0 Å². The van der Waals surface area contributed by atoms with Gasteiger partial charge in [0.05, 0.1) is 0 Å². The van der Waals surface area contributed by atoms with Gasteiger partial charge in [-0.2, -0.15) is 0 Å². The largest absolute Gasteiger partial charge is 0.0846 e. The molecule has 0 bridgehead atoms. The second-order valence-corrected chi connectivity index (χ2v) is 4.17. The molecule has 0 heterocycles. The lowest BCUT2D eigenvalue weighted by Crippen LogP contribution is -1.99. The molecule has 0 aliphatic heterocycles. The first kappa shape index (κ1) is 11.6. The third kappa shape index (κ3) is 2.90. The second kappa shape index (κ2) is 4.56. The van der Waals surface area contributed by atoms with E-state index in [2.05, 4.69) is 34.6 Å². The first-order valence-corrected chi connectivity index (χ1v) is 4.61. The molecule has 0 nitrogen and oxygen atoms in total. The molecule has 1 heteroatoms. The zero-order valence-electron chi connectivity index (χ0n) is 8.91. The molecule has 0 unspecified atom stereocenters. The topological polar surface area (TPSA) is 0 Å². The van der Waals surface area contributed by atoms with Crippen molar-refractivity contribution in [3.63, 3.8) is 0 Å². The number of allylic oxidation sites excluding steroid dienone is 4. The molecular formula is C11H18S. The van der Waals surface area contributed by atoms with Gasteiger partial charge in [0.1, 0.15) is 0 Å². The average molecular weight is 182 g/mol. The standard InChI is InChI=1S/C11H18S/c1-7(2)9(5)11(8(3)4)10(6)12/h1-6H3. The van der Waals surface area contributed by atoms with Crippen molar-refractivity contribution in [1.29, 1.82) is 0 Å². The summed E-state index contributed by atoms with van der Waals surface area (Å²) in [6, 6.07) is 0. The van der Waals surface area contributed by atoms with Crippen LogP contribution in [0.5, 0.6) is 0 Å². The summed E-state index contributed by atoms with van der Waals surface area (Å²) in [4.78, 5) is 0.994. The van der Waals surface area contributed by atoms with E-state index in [1.165, 1.54) is 22.3 Å². The van der Waals surface area contributed by atoms with Gasteiger partial charge in [-0.05, 0) is 52.7 Å². The van der Waals surface area contributed by atoms with Crippen LogP contribution in [0.3, 0.4) is 0 Å². The summed E-state index contributed by atoms with van der Waals surface area (Å²) in [6.45, 7) is 12.6. The smallest absolute Gasteiger partial charge is 0.0195 e. The molecule has 0 atom stereocenters. The van der Waals surface area contributed by atoms with Crippen LogP contribution in [0.25, 0.3) is 0 Å². The van der Waals surface area contributed by atoms with E-state index in [9.17, 15) is 0 Å². The van der Waals surface area contributed by atoms with Gasteiger partial charge in [-0.3, -0.25) is 0 Å². The highest BCUT2D eigenvalue weighted by molar-refractivity contribution is 7.80. The normalized spacial score (nSPS) is 9.17. The Kier molecular flexibility index (Phi) is 4.40. The predicted molar refractivity (Wildman–Crippen MR) is 60.7 cm³/mol. The van der Waals surface area contributed by atoms with Crippen LogP contribution in [0.4, 0.5) is 0 Å². The highest BCUT2D eigenvalue weighted by Crippen LogP contribution is 2.19. The van der Waals surface area contributed by atoms with Crippen LogP contribution in [0.1, 0.15) is 41.5 Å². The SMILES string of the molecule is CC(=S)C(=C(C)C)C(C)=C(C)C. The van der Waals surface area contributed by atoms with Crippen LogP contribution in [0.15, 0.2) is 22.3 Å². The number of thiocarbonyl (C=S) groups is 1. The van der Waals surface area contributed by atoms with E-state index >= 15 is 0 Å². The van der Waals surface area contributed by atoms with Crippen molar-refractivity contribution < 1.29 is 0 Å². The Bertz CT molecular complexity index is 246. The molecule has 0 N–H and O–H groups in total. The van der Waals surface area contributed by atoms with Gasteiger partial charge < -0.3 is 0 Å². The summed E-state index contributed by atoms with van der Waals surface area (Å²) >= 11 is 5.20. The van der Waals surface area contributed by atoms with Crippen molar-refractivity contribution in [2.45, 2.75) is 41.5 Å². The average Bonchev–Trinajstić information content (AvgIpc) is 1.85. The lowest BCUT2D eigenvalue weighted by Gasteiger charge is -2.10. The van der Waals surface area contributed by atoms with Crippen LogP contribution >= 0.6 is 12.2 Å². The first-order valence-electron chi connectivity index (χ1n) is 4.20. The Morgan fingerprint density at radius 3 is 1.25 bits per heavy atom. The van der Waals surface area contributed by atoms with Crippen LogP contribution in [0.2, 0.25) is 0 Å². The molecule has 0 aromatic heterocycles. The Morgan fingerprint density at radius 2 is 1.17 bits per heavy atom. The summed E-state index contributed by atoms with van der Waals surface area (Å²) in [6.07, 6.45) is 0.